The first-order valence-electron chi connectivity index (χ1n) is 12.1. The Hall–Kier alpha value is -4.57. The van der Waals surface area contributed by atoms with Crippen molar-refractivity contribution in [2.45, 2.75) is 27.7 Å². The molecule has 11 heteroatoms. The number of amides is 4. The molecule has 10 nitrogen and oxygen atoms in total. The van der Waals surface area contributed by atoms with E-state index in [1.54, 1.807) is 49.6 Å². The van der Waals surface area contributed by atoms with E-state index in [-0.39, 0.29) is 34.2 Å². The van der Waals surface area contributed by atoms with Crippen molar-refractivity contribution < 1.29 is 33.8 Å². The van der Waals surface area contributed by atoms with Crippen LogP contribution in [0.15, 0.2) is 48.0 Å². The van der Waals surface area contributed by atoms with Gasteiger partial charge in [0.15, 0.2) is 0 Å². The van der Waals surface area contributed by atoms with Crippen LogP contribution in [-0.2, 0) is 9.59 Å². The minimum Gasteiger partial charge on any atom is -0.494 e. The molecule has 4 amide bonds. The van der Waals surface area contributed by atoms with Crippen LogP contribution in [0.25, 0.3) is 11.8 Å². The van der Waals surface area contributed by atoms with E-state index in [1.807, 2.05) is 6.92 Å². The molecule has 0 bridgehead atoms. The number of barbiturate groups is 1. The highest BCUT2D eigenvalue weighted by molar-refractivity contribution is 6.39. The fourth-order valence-electron chi connectivity index (χ4n) is 4.39. The Morgan fingerprint density at radius 2 is 1.74 bits per heavy atom. The highest BCUT2D eigenvalue weighted by atomic mass is 35.5. The van der Waals surface area contributed by atoms with Crippen molar-refractivity contribution >= 4 is 47.2 Å². The summed E-state index contributed by atoms with van der Waals surface area (Å²) in [6.45, 7) is 7.85. The summed E-state index contributed by atoms with van der Waals surface area (Å²) in [6.07, 6.45) is 1.40. The largest absolute Gasteiger partial charge is 0.494 e. The van der Waals surface area contributed by atoms with Gasteiger partial charge in [0, 0.05) is 23.1 Å². The summed E-state index contributed by atoms with van der Waals surface area (Å²) in [6, 6.07) is 10.2. The van der Waals surface area contributed by atoms with Gasteiger partial charge in [-0.05, 0) is 75.7 Å². The van der Waals surface area contributed by atoms with Gasteiger partial charge in [0.25, 0.3) is 11.8 Å². The second kappa shape index (κ2) is 11.0. The summed E-state index contributed by atoms with van der Waals surface area (Å²) in [7, 11) is 0. The number of imide groups is 2. The van der Waals surface area contributed by atoms with Crippen LogP contribution in [0, 0.1) is 13.8 Å². The van der Waals surface area contributed by atoms with Gasteiger partial charge >= 0.3 is 12.0 Å². The molecule has 2 heterocycles. The number of benzene rings is 2. The Labute approximate surface area is 229 Å². The lowest BCUT2D eigenvalue weighted by atomic mass is 10.1. The van der Waals surface area contributed by atoms with Crippen molar-refractivity contribution in [3.63, 3.8) is 0 Å². The van der Waals surface area contributed by atoms with Crippen LogP contribution in [-0.4, -0.2) is 46.7 Å². The molecule has 0 unspecified atom stereocenters. The summed E-state index contributed by atoms with van der Waals surface area (Å²) < 4.78 is 12.9. The minimum absolute atomic E-state index is 0.0574. The smallest absolute Gasteiger partial charge is 0.337 e. The normalized spacial score (nSPS) is 14.5. The van der Waals surface area contributed by atoms with Crippen molar-refractivity contribution in [1.82, 2.24) is 9.88 Å². The predicted octanol–water partition coefficient (Wildman–Crippen LogP) is 4.91. The molecular formula is C28H26ClN3O7. The topological polar surface area (TPSA) is 127 Å². The first-order chi connectivity index (χ1) is 18.6. The summed E-state index contributed by atoms with van der Waals surface area (Å²) in [5.41, 5.74) is 2.28. The number of hydrogen-bond donors (Lipinski definition) is 2. The van der Waals surface area contributed by atoms with E-state index in [0.717, 1.165) is 10.6 Å². The van der Waals surface area contributed by atoms with Crippen LogP contribution in [0.3, 0.4) is 0 Å². The van der Waals surface area contributed by atoms with Gasteiger partial charge in [0.1, 0.15) is 17.1 Å². The molecule has 0 atom stereocenters. The summed E-state index contributed by atoms with van der Waals surface area (Å²) in [4.78, 5) is 51.6. The molecule has 0 radical (unpaired) electrons. The quantitative estimate of drug-likeness (QED) is 0.301. The lowest BCUT2D eigenvalue weighted by Gasteiger charge is -2.28. The van der Waals surface area contributed by atoms with Crippen molar-refractivity contribution in [3.8, 4) is 17.2 Å². The maximum atomic E-state index is 13.6. The van der Waals surface area contributed by atoms with Gasteiger partial charge in [0.2, 0.25) is 0 Å². The highest BCUT2D eigenvalue weighted by Crippen LogP contribution is 2.35. The molecule has 3 aromatic rings. The van der Waals surface area contributed by atoms with Gasteiger partial charge in [-0.25, -0.2) is 14.5 Å². The monoisotopic (exact) mass is 551 g/mol. The Kier molecular flexibility index (Phi) is 7.78. The average molecular weight is 552 g/mol. The average Bonchev–Trinajstić information content (AvgIpc) is 3.16. The number of hydrogen-bond acceptors (Lipinski definition) is 6. The summed E-state index contributed by atoms with van der Waals surface area (Å²) in [5, 5.41) is 11.8. The first-order valence-corrected chi connectivity index (χ1v) is 12.5. The molecule has 1 saturated heterocycles. The Morgan fingerprint density at radius 3 is 2.41 bits per heavy atom. The number of halogens is 1. The van der Waals surface area contributed by atoms with Gasteiger partial charge in [0.05, 0.1) is 29.5 Å². The zero-order valence-corrected chi connectivity index (χ0v) is 22.5. The zero-order chi connectivity index (χ0) is 28.4. The molecule has 0 aliphatic carbocycles. The van der Waals surface area contributed by atoms with Crippen LogP contribution in [0.1, 0.15) is 41.2 Å². The number of carbonyl (C=O) groups excluding carboxylic acids is 3. The number of rotatable bonds is 8. The van der Waals surface area contributed by atoms with Crippen LogP contribution < -0.4 is 19.7 Å². The molecule has 202 valence electrons. The number of aryl methyl sites for hydroxylation is 1. The molecule has 2 aromatic carbocycles. The second-order valence-electron chi connectivity index (χ2n) is 8.58. The number of carboxylic acid groups (broad SMARTS) is 1. The van der Waals surface area contributed by atoms with E-state index in [1.165, 1.54) is 24.3 Å². The fraction of sp³-hybridized carbons (Fsp3) is 0.214. The van der Waals surface area contributed by atoms with Crippen LogP contribution in [0.5, 0.6) is 11.5 Å². The van der Waals surface area contributed by atoms with Crippen LogP contribution in [0.2, 0.25) is 5.02 Å². The second-order valence-corrected chi connectivity index (χ2v) is 8.99. The van der Waals surface area contributed by atoms with Gasteiger partial charge in [-0.3, -0.25) is 14.9 Å². The van der Waals surface area contributed by atoms with Gasteiger partial charge in [-0.2, -0.15) is 0 Å². The lowest BCUT2D eigenvalue weighted by molar-refractivity contribution is -0.122. The Morgan fingerprint density at radius 1 is 1.03 bits per heavy atom. The zero-order valence-electron chi connectivity index (χ0n) is 21.7. The third-order valence-corrected chi connectivity index (χ3v) is 6.42. The number of ether oxygens (including phenoxy) is 2. The maximum Gasteiger partial charge on any atom is 0.337 e. The molecule has 0 saturated carbocycles. The van der Waals surface area contributed by atoms with Crippen LogP contribution >= 0.6 is 11.6 Å². The molecule has 2 N–H and O–H groups in total. The van der Waals surface area contributed by atoms with E-state index < -0.39 is 23.8 Å². The summed E-state index contributed by atoms with van der Waals surface area (Å²) in [5.74, 6) is -2.08. The number of urea groups is 1. The van der Waals surface area contributed by atoms with Crippen LogP contribution in [0.4, 0.5) is 10.5 Å². The van der Waals surface area contributed by atoms with E-state index >= 15 is 0 Å². The lowest BCUT2D eigenvalue weighted by Crippen LogP contribution is -2.54. The minimum atomic E-state index is -1.17. The van der Waals surface area contributed by atoms with Gasteiger partial charge in [-0.1, -0.05) is 11.6 Å². The summed E-state index contributed by atoms with van der Waals surface area (Å²) >= 11 is 6.03. The van der Waals surface area contributed by atoms with Crippen molar-refractivity contribution in [2.24, 2.45) is 0 Å². The number of nitrogens with zero attached hydrogens (tertiary/aromatic N) is 2. The number of nitrogens with one attached hydrogen (secondary N) is 1. The number of aromatic nitrogens is 1. The van der Waals surface area contributed by atoms with Crippen molar-refractivity contribution in [3.05, 3.63) is 75.6 Å². The van der Waals surface area contributed by atoms with E-state index in [4.69, 9.17) is 21.1 Å². The fourth-order valence-corrected chi connectivity index (χ4v) is 4.58. The molecule has 4 rings (SSSR count). The van der Waals surface area contributed by atoms with E-state index in [2.05, 4.69) is 5.32 Å². The van der Waals surface area contributed by atoms with Crippen molar-refractivity contribution in [1.29, 1.82) is 0 Å². The third kappa shape index (κ3) is 5.23. The predicted molar refractivity (Wildman–Crippen MR) is 145 cm³/mol. The first kappa shape index (κ1) is 27.5. The standard InChI is InChI=1S/C28H26ClN3O7/c1-5-38-19-8-10-23(24(14-19)39-6-2)32-26(34)21(25(33)30-28(32)37)12-17-11-15(3)31(16(17)4)18-7-9-22(29)20(13-18)27(35)36/h7-14H,5-6H2,1-4H3,(H,35,36)(H,30,33,37)/b21-12+. The Balaban J connectivity index is 1.77. The highest BCUT2D eigenvalue weighted by Gasteiger charge is 2.38. The Bertz CT molecular complexity index is 1540. The number of aromatic carboxylic acids is 1. The molecule has 1 aromatic heterocycles. The molecule has 1 aliphatic rings. The SMILES string of the molecule is CCOc1ccc(N2C(=O)NC(=O)/C(=C\c3cc(C)n(-c4ccc(Cl)c(C(=O)O)c4)c3C)C2=O)c(OCC)c1. The molecule has 1 fully saturated rings. The maximum absolute atomic E-state index is 13.6. The number of anilines is 1. The number of carbonyl (C=O) groups is 4. The molecule has 39 heavy (non-hydrogen) atoms. The van der Waals surface area contributed by atoms with E-state index in [0.29, 0.717) is 29.3 Å². The van der Waals surface area contributed by atoms with Crippen molar-refractivity contribution in [2.75, 3.05) is 18.1 Å². The molecule has 0 spiro atoms. The van der Waals surface area contributed by atoms with Gasteiger partial charge in [-0.15, -0.1) is 0 Å². The van der Waals surface area contributed by atoms with E-state index in [9.17, 15) is 24.3 Å². The third-order valence-electron chi connectivity index (χ3n) is 6.09. The molecular weight excluding hydrogens is 526 g/mol. The molecule has 1 aliphatic heterocycles. The number of carboxylic acids is 1. The van der Waals surface area contributed by atoms with Gasteiger partial charge < -0.3 is 19.1 Å².